The summed E-state index contributed by atoms with van der Waals surface area (Å²) in [7, 11) is 1.24. The van der Waals surface area contributed by atoms with Crippen molar-refractivity contribution in [1.29, 1.82) is 0 Å². The minimum absolute atomic E-state index is 0.111. The molecule has 6 heteroatoms. The molecule has 1 atom stereocenters. The molecule has 154 valence electrons. The van der Waals surface area contributed by atoms with E-state index < -0.39 is 23.5 Å². The Kier molecular flexibility index (Phi) is 6.16. The Morgan fingerprint density at radius 3 is 2.27 bits per heavy atom. The third kappa shape index (κ3) is 4.17. The summed E-state index contributed by atoms with van der Waals surface area (Å²) in [5, 5.41) is 10.8. The highest BCUT2D eigenvalue weighted by molar-refractivity contribution is 6.52. The van der Waals surface area contributed by atoms with Crippen molar-refractivity contribution in [2.45, 2.75) is 19.3 Å². The molecule has 0 heterocycles. The SMILES string of the molecule is C=C(C)COc1ccc(C(CC(=O)OC)C2=C(O)c3ccccc3C(=O)C2=O)cc1. The van der Waals surface area contributed by atoms with Crippen molar-refractivity contribution in [3.05, 3.63) is 82.9 Å². The van der Waals surface area contributed by atoms with Crippen LogP contribution < -0.4 is 4.74 Å². The van der Waals surface area contributed by atoms with E-state index in [1.165, 1.54) is 13.2 Å². The number of ether oxygens (including phenoxy) is 2. The van der Waals surface area contributed by atoms with Crippen LogP contribution in [0.5, 0.6) is 5.75 Å². The lowest BCUT2D eigenvalue weighted by atomic mass is 9.78. The summed E-state index contributed by atoms with van der Waals surface area (Å²) in [5.41, 5.74) is 1.74. The zero-order chi connectivity index (χ0) is 21.8. The smallest absolute Gasteiger partial charge is 0.306 e. The molecular formula is C24H22O6. The minimum atomic E-state index is -0.850. The van der Waals surface area contributed by atoms with Crippen LogP contribution in [0.15, 0.2) is 66.3 Å². The number of methoxy groups -OCH3 is 1. The average Bonchev–Trinajstić information content (AvgIpc) is 2.75. The predicted octanol–water partition coefficient (Wildman–Crippen LogP) is 4.02. The van der Waals surface area contributed by atoms with Gasteiger partial charge in [0.25, 0.3) is 0 Å². The summed E-state index contributed by atoms with van der Waals surface area (Å²) in [6, 6.07) is 13.1. The molecule has 0 spiro atoms. The fraction of sp³-hybridized carbons (Fsp3) is 0.208. The summed E-state index contributed by atoms with van der Waals surface area (Å²) < 4.78 is 10.4. The van der Waals surface area contributed by atoms with Gasteiger partial charge in [0.1, 0.15) is 18.1 Å². The summed E-state index contributed by atoms with van der Waals surface area (Å²) in [6.45, 7) is 5.99. The maximum absolute atomic E-state index is 12.9. The Morgan fingerprint density at radius 1 is 1.03 bits per heavy atom. The first kappa shape index (κ1) is 21.0. The van der Waals surface area contributed by atoms with Crippen LogP contribution in [-0.2, 0) is 14.3 Å². The maximum atomic E-state index is 12.9. The third-order valence-electron chi connectivity index (χ3n) is 4.85. The van der Waals surface area contributed by atoms with E-state index in [9.17, 15) is 19.5 Å². The standard InChI is InChI=1S/C24H22O6/c1-14(2)13-30-16-10-8-15(9-11-16)19(12-20(25)29-3)21-22(26)17-6-4-5-7-18(17)23(27)24(21)28/h4-11,19,26H,1,12-13H2,2-3H3. The molecule has 2 aromatic carbocycles. The first-order chi connectivity index (χ1) is 14.3. The Bertz CT molecular complexity index is 1050. The second-order valence-corrected chi connectivity index (χ2v) is 7.11. The lowest BCUT2D eigenvalue weighted by molar-refractivity contribution is -0.140. The van der Waals surface area contributed by atoms with Gasteiger partial charge in [-0.2, -0.15) is 0 Å². The zero-order valence-electron chi connectivity index (χ0n) is 16.8. The van der Waals surface area contributed by atoms with Crippen molar-refractivity contribution < 1.29 is 29.0 Å². The topological polar surface area (TPSA) is 89.9 Å². The van der Waals surface area contributed by atoms with Crippen LogP contribution in [0.3, 0.4) is 0 Å². The van der Waals surface area contributed by atoms with Crippen molar-refractivity contribution in [2.75, 3.05) is 13.7 Å². The van der Waals surface area contributed by atoms with Crippen molar-refractivity contribution in [2.24, 2.45) is 0 Å². The van der Waals surface area contributed by atoms with Gasteiger partial charge >= 0.3 is 5.97 Å². The average molecular weight is 406 g/mol. The quantitative estimate of drug-likeness (QED) is 0.424. The number of Topliss-reactive ketones (excluding diaryl/α,β-unsaturated/α-hetero) is 2. The molecule has 3 rings (SSSR count). The summed E-state index contributed by atoms with van der Waals surface area (Å²) in [6.07, 6.45) is -0.205. The van der Waals surface area contributed by atoms with Crippen LogP contribution >= 0.6 is 0 Å². The van der Waals surface area contributed by atoms with Crippen molar-refractivity contribution >= 4 is 23.3 Å². The molecule has 0 saturated heterocycles. The number of aliphatic hydroxyl groups excluding tert-OH is 1. The zero-order valence-corrected chi connectivity index (χ0v) is 16.8. The van der Waals surface area contributed by atoms with Crippen LogP contribution in [0.25, 0.3) is 5.76 Å². The predicted molar refractivity (Wildman–Crippen MR) is 111 cm³/mol. The van der Waals surface area contributed by atoms with Gasteiger partial charge in [0, 0.05) is 17.0 Å². The molecular weight excluding hydrogens is 384 g/mol. The lowest BCUT2D eigenvalue weighted by Gasteiger charge is -2.24. The summed E-state index contributed by atoms with van der Waals surface area (Å²) in [5.74, 6) is -2.67. The Labute approximate surface area is 174 Å². The maximum Gasteiger partial charge on any atom is 0.306 e. The largest absolute Gasteiger partial charge is 0.507 e. The number of hydrogen-bond donors (Lipinski definition) is 1. The molecule has 1 aliphatic carbocycles. The third-order valence-corrected chi connectivity index (χ3v) is 4.85. The van der Waals surface area contributed by atoms with Crippen molar-refractivity contribution in [1.82, 2.24) is 0 Å². The van der Waals surface area contributed by atoms with Crippen molar-refractivity contribution in [3.63, 3.8) is 0 Å². The molecule has 0 aliphatic heterocycles. The van der Waals surface area contributed by atoms with E-state index >= 15 is 0 Å². The number of carbonyl (C=O) groups excluding carboxylic acids is 3. The molecule has 0 bridgehead atoms. The molecule has 1 N–H and O–H groups in total. The molecule has 1 unspecified atom stereocenters. The van der Waals surface area contributed by atoms with E-state index in [1.807, 2.05) is 6.92 Å². The second kappa shape index (κ2) is 8.78. The number of rotatable bonds is 7. The number of fused-ring (bicyclic) bond motifs is 1. The number of aliphatic hydroxyl groups is 1. The van der Waals surface area contributed by atoms with Gasteiger partial charge in [-0.1, -0.05) is 43.0 Å². The highest BCUT2D eigenvalue weighted by atomic mass is 16.5. The van der Waals surface area contributed by atoms with Gasteiger partial charge in [0.2, 0.25) is 11.6 Å². The van der Waals surface area contributed by atoms with Gasteiger partial charge in [-0.3, -0.25) is 14.4 Å². The Hall–Kier alpha value is -3.67. The molecule has 0 fully saturated rings. The number of allylic oxidation sites excluding steroid dienone is 1. The highest BCUT2D eigenvalue weighted by Gasteiger charge is 2.38. The van der Waals surface area contributed by atoms with Gasteiger partial charge in [0.15, 0.2) is 0 Å². The first-order valence-corrected chi connectivity index (χ1v) is 9.39. The van der Waals surface area contributed by atoms with E-state index in [-0.39, 0.29) is 28.9 Å². The summed E-state index contributed by atoms with van der Waals surface area (Å²) in [4.78, 5) is 37.6. The number of hydrogen-bond acceptors (Lipinski definition) is 6. The molecule has 1 aliphatic rings. The monoisotopic (exact) mass is 406 g/mol. The van der Waals surface area contributed by atoms with E-state index in [0.29, 0.717) is 17.9 Å². The number of esters is 1. The van der Waals surface area contributed by atoms with Gasteiger partial charge in [0.05, 0.1) is 19.1 Å². The Balaban J connectivity index is 2.06. The number of ketones is 2. The second-order valence-electron chi connectivity index (χ2n) is 7.11. The van der Waals surface area contributed by atoms with Gasteiger partial charge < -0.3 is 14.6 Å². The Morgan fingerprint density at radius 2 is 1.67 bits per heavy atom. The van der Waals surface area contributed by atoms with E-state index in [1.54, 1.807) is 42.5 Å². The van der Waals surface area contributed by atoms with Crippen LogP contribution in [0, 0.1) is 0 Å². The highest BCUT2D eigenvalue weighted by Crippen LogP contribution is 2.38. The van der Waals surface area contributed by atoms with Crippen molar-refractivity contribution in [3.8, 4) is 5.75 Å². The van der Waals surface area contributed by atoms with Gasteiger partial charge in [-0.05, 0) is 30.2 Å². The molecule has 0 amide bonds. The van der Waals surface area contributed by atoms with E-state index in [0.717, 1.165) is 5.57 Å². The van der Waals surface area contributed by atoms with Gasteiger partial charge in [-0.15, -0.1) is 0 Å². The molecule has 2 aromatic rings. The fourth-order valence-electron chi connectivity index (χ4n) is 3.35. The fourth-order valence-corrected chi connectivity index (χ4v) is 3.35. The normalized spacial score (nSPS) is 14.2. The molecule has 0 saturated carbocycles. The minimum Gasteiger partial charge on any atom is -0.507 e. The van der Waals surface area contributed by atoms with Gasteiger partial charge in [-0.25, -0.2) is 0 Å². The molecule has 0 aromatic heterocycles. The molecule has 30 heavy (non-hydrogen) atoms. The summed E-state index contributed by atoms with van der Waals surface area (Å²) >= 11 is 0. The van der Waals surface area contributed by atoms with E-state index in [2.05, 4.69) is 6.58 Å². The lowest BCUT2D eigenvalue weighted by Crippen LogP contribution is -2.28. The van der Waals surface area contributed by atoms with Crippen LogP contribution in [-0.4, -0.2) is 36.4 Å². The molecule has 0 radical (unpaired) electrons. The van der Waals surface area contributed by atoms with E-state index in [4.69, 9.17) is 9.47 Å². The van der Waals surface area contributed by atoms with Crippen LogP contribution in [0.2, 0.25) is 0 Å². The van der Waals surface area contributed by atoms with Crippen LogP contribution in [0.1, 0.15) is 40.7 Å². The number of benzene rings is 2. The molecule has 6 nitrogen and oxygen atoms in total. The van der Waals surface area contributed by atoms with Crippen LogP contribution in [0.4, 0.5) is 0 Å². The first-order valence-electron chi connectivity index (χ1n) is 9.39. The number of carbonyl (C=O) groups is 3.